The SMILES string of the molecule is CC1Oc2ccc(S(=O)(=O)NCc3cc(C4CC4)n[nH]3)cc2NC1=O. The Balaban J connectivity index is 1.49. The van der Waals surface area contributed by atoms with Crippen LogP contribution in [0.3, 0.4) is 0 Å². The molecule has 1 aromatic carbocycles. The fourth-order valence-corrected chi connectivity index (χ4v) is 3.70. The second-order valence-electron chi connectivity index (χ2n) is 6.32. The van der Waals surface area contributed by atoms with Gasteiger partial charge in [-0.2, -0.15) is 5.10 Å². The third-order valence-electron chi connectivity index (χ3n) is 4.29. The summed E-state index contributed by atoms with van der Waals surface area (Å²) in [5.74, 6) is 0.655. The van der Waals surface area contributed by atoms with Gasteiger partial charge in [-0.15, -0.1) is 0 Å². The number of hydrogen-bond donors (Lipinski definition) is 3. The Morgan fingerprint density at radius 1 is 1.32 bits per heavy atom. The maximum absolute atomic E-state index is 12.5. The Morgan fingerprint density at radius 2 is 2.12 bits per heavy atom. The van der Waals surface area contributed by atoms with E-state index in [1.807, 2.05) is 6.07 Å². The van der Waals surface area contributed by atoms with Gasteiger partial charge in [-0.1, -0.05) is 0 Å². The molecule has 2 heterocycles. The van der Waals surface area contributed by atoms with Crippen molar-refractivity contribution in [3.8, 4) is 5.75 Å². The summed E-state index contributed by atoms with van der Waals surface area (Å²) in [7, 11) is -3.72. The van der Waals surface area contributed by atoms with Crippen molar-refractivity contribution in [1.29, 1.82) is 0 Å². The van der Waals surface area contributed by atoms with E-state index in [9.17, 15) is 13.2 Å². The highest BCUT2D eigenvalue weighted by Gasteiger charge is 2.27. The van der Waals surface area contributed by atoms with Crippen molar-refractivity contribution < 1.29 is 17.9 Å². The topological polar surface area (TPSA) is 113 Å². The highest BCUT2D eigenvalue weighted by molar-refractivity contribution is 7.89. The van der Waals surface area contributed by atoms with Gasteiger partial charge in [0.25, 0.3) is 5.91 Å². The standard InChI is InChI=1S/C16H18N4O4S/c1-9-16(21)18-14-7-12(4-5-15(14)24-9)25(22,23)17-8-11-6-13(20-19-11)10-2-3-10/h4-7,9-10,17H,2-3,8H2,1H3,(H,18,21)(H,19,20). The van der Waals surface area contributed by atoms with Gasteiger partial charge in [0.05, 0.1) is 28.5 Å². The Labute approximate surface area is 145 Å². The van der Waals surface area contributed by atoms with Gasteiger partial charge in [-0.05, 0) is 44.0 Å². The molecule has 132 valence electrons. The van der Waals surface area contributed by atoms with E-state index < -0.39 is 16.1 Å². The molecular formula is C16H18N4O4S. The van der Waals surface area contributed by atoms with Crippen LogP contribution in [-0.4, -0.2) is 30.6 Å². The summed E-state index contributed by atoms with van der Waals surface area (Å²) in [6.45, 7) is 1.75. The van der Waals surface area contributed by atoms with Crippen molar-refractivity contribution in [3.05, 3.63) is 35.7 Å². The van der Waals surface area contributed by atoms with E-state index in [1.165, 1.54) is 12.1 Å². The monoisotopic (exact) mass is 362 g/mol. The second kappa shape index (κ2) is 5.85. The number of carbonyl (C=O) groups is 1. The molecule has 0 radical (unpaired) electrons. The number of sulfonamides is 1. The predicted octanol–water partition coefficient (Wildman–Crippen LogP) is 1.48. The van der Waals surface area contributed by atoms with Crippen LogP contribution in [-0.2, 0) is 21.4 Å². The van der Waals surface area contributed by atoms with E-state index >= 15 is 0 Å². The number of H-pyrrole nitrogens is 1. The maximum atomic E-state index is 12.5. The third kappa shape index (κ3) is 3.24. The lowest BCUT2D eigenvalue weighted by Gasteiger charge is -2.23. The van der Waals surface area contributed by atoms with Crippen molar-refractivity contribution in [2.75, 3.05) is 5.32 Å². The molecule has 8 nitrogen and oxygen atoms in total. The number of rotatable bonds is 5. The largest absolute Gasteiger partial charge is 0.479 e. The molecule has 1 aliphatic carbocycles. The van der Waals surface area contributed by atoms with Gasteiger partial charge in [0.1, 0.15) is 5.75 Å². The van der Waals surface area contributed by atoms with E-state index in [1.54, 1.807) is 13.0 Å². The van der Waals surface area contributed by atoms with E-state index in [4.69, 9.17) is 4.74 Å². The molecule has 2 aliphatic rings. The Hall–Kier alpha value is -2.39. The number of nitrogens with one attached hydrogen (secondary N) is 3. The molecule has 0 bridgehead atoms. The zero-order valence-corrected chi connectivity index (χ0v) is 14.4. The Kier molecular flexibility index (Phi) is 3.77. The van der Waals surface area contributed by atoms with Gasteiger partial charge in [0.15, 0.2) is 6.10 Å². The number of hydrogen-bond acceptors (Lipinski definition) is 5. The molecule has 1 unspecified atom stereocenters. The summed E-state index contributed by atoms with van der Waals surface area (Å²) in [6.07, 6.45) is 1.67. The van der Waals surface area contributed by atoms with Crippen LogP contribution in [0.1, 0.15) is 37.1 Å². The second-order valence-corrected chi connectivity index (χ2v) is 8.09. The minimum absolute atomic E-state index is 0.0617. The fraction of sp³-hybridized carbons (Fsp3) is 0.375. The number of carbonyl (C=O) groups excluding carboxylic acids is 1. The molecule has 3 N–H and O–H groups in total. The fourth-order valence-electron chi connectivity index (χ4n) is 2.67. The molecule has 1 fully saturated rings. The highest BCUT2D eigenvalue weighted by atomic mass is 32.2. The molecule has 0 saturated heterocycles. The first-order valence-electron chi connectivity index (χ1n) is 8.08. The summed E-state index contributed by atoms with van der Waals surface area (Å²) in [5, 5.41) is 9.70. The minimum atomic E-state index is -3.72. The summed E-state index contributed by atoms with van der Waals surface area (Å²) in [5.41, 5.74) is 2.05. The molecule has 1 aromatic heterocycles. The number of fused-ring (bicyclic) bond motifs is 1. The van der Waals surface area contributed by atoms with Crippen molar-refractivity contribution in [2.45, 2.75) is 43.2 Å². The van der Waals surface area contributed by atoms with Crippen LogP contribution in [0, 0.1) is 0 Å². The van der Waals surface area contributed by atoms with Gasteiger partial charge in [0.2, 0.25) is 10.0 Å². The number of benzene rings is 1. The molecule has 1 amide bonds. The van der Waals surface area contributed by atoms with Gasteiger partial charge in [-0.25, -0.2) is 13.1 Å². The zero-order valence-electron chi connectivity index (χ0n) is 13.6. The number of aromatic amines is 1. The third-order valence-corrected chi connectivity index (χ3v) is 5.69. The predicted molar refractivity (Wildman–Crippen MR) is 89.7 cm³/mol. The lowest BCUT2D eigenvalue weighted by atomic mass is 10.2. The Morgan fingerprint density at radius 3 is 2.88 bits per heavy atom. The molecule has 9 heteroatoms. The first kappa shape index (κ1) is 16.1. The number of nitrogens with zero attached hydrogens (tertiary/aromatic N) is 1. The summed E-state index contributed by atoms with van der Waals surface area (Å²) < 4.78 is 33.0. The molecule has 0 spiro atoms. The van der Waals surface area contributed by atoms with Gasteiger partial charge >= 0.3 is 0 Å². The summed E-state index contributed by atoms with van der Waals surface area (Å²) in [4.78, 5) is 11.7. The van der Waals surface area contributed by atoms with Crippen LogP contribution >= 0.6 is 0 Å². The number of anilines is 1. The van der Waals surface area contributed by atoms with Crippen LogP contribution in [0.25, 0.3) is 0 Å². The molecule has 25 heavy (non-hydrogen) atoms. The first-order valence-corrected chi connectivity index (χ1v) is 9.56. The number of aromatic nitrogens is 2. The van der Waals surface area contributed by atoms with Crippen molar-refractivity contribution in [1.82, 2.24) is 14.9 Å². The maximum Gasteiger partial charge on any atom is 0.265 e. The minimum Gasteiger partial charge on any atom is -0.479 e. The average Bonchev–Trinajstić information content (AvgIpc) is 3.32. The van der Waals surface area contributed by atoms with E-state index in [0.29, 0.717) is 23.0 Å². The smallest absolute Gasteiger partial charge is 0.265 e. The highest BCUT2D eigenvalue weighted by Crippen LogP contribution is 2.39. The van der Waals surface area contributed by atoms with Crippen molar-refractivity contribution in [2.24, 2.45) is 0 Å². The van der Waals surface area contributed by atoms with Crippen LogP contribution in [0.4, 0.5) is 5.69 Å². The van der Waals surface area contributed by atoms with Gasteiger partial charge in [-0.3, -0.25) is 9.89 Å². The van der Waals surface area contributed by atoms with Crippen molar-refractivity contribution in [3.63, 3.8) is 0 Å². The van der Waals surface area contributed by atoms with E-state index in [2.05, 4.69) is 20.2 Å². The first-order chi connectivity index (χ1) is 11.9. The van der Waals surface area contributed by atoms with Crippen LogP contribution in [0.5, 0.6) is 5.75 Å². The van der Waals surface area contributed by atoms with E-state index in [-0.39, 0.29) is 17.3 Å². The number of amides is 1. The lowest BCUT2D eigenvalue weighted by molar-refractivity contribution is -0.122. The van der Waals surface area contributed by atoms with Crippen LogP contribution < -0.4 is 14.8 Å². The summed E-state index contributed by atoms with van der Waals surface area (Å²) >= 11 is 0. The lowest BCUT2D eigenvalue weighted by Crippen LogP contribution is -2.34. The molecule has 1 atom stereocenters. The normalized spacial score (nSPS) is 19.9. The van der Waals surface area contributed by atoms with Crippen LogP contribution in [0.2, 0.25) is 0 Å². The zero-order chi connectivity index (χ0) is 17.6. The van der Waals surface area contributed by atoms with Gasteiger partial charge in [0, 0.05) is 5.92 Å². The van der Waals surface area contributed by atoms with Gasteiger partial charge < -0.3 is 10.1 Å². The quantitative estimate of drug-likeness (QED) is 0.746. The number of ether oxygens (including phenoxy) is 1. The molecule has 1 aliphatic heterocycles. The molecule has 2 aromatic rings. The molecule has 1 saturated carbocycles. The molecule has 4 rings (SSSR count). The molecular weight excluding hydrogens is 344 g/mol. The average molecular weight is 362 g/mol. The van der Waals surface area contributed by atoms with E-state index in [0.717, 1.165) is 18.5 Å². The van der Waals surface area contributed by atoms with Crippen molar-refractivity contribution >= 4 is 21.6 Å². The van der Waals surface area contributed by atoms with Crippen LogP contribution in [0.15, 0.2) is 29.2 Å². The summed E-state index contributed by atoms with van der Waals surface area (Å²) in [6, 6.07) is 6.28. The Bertz CT molecular complexity index is 933.